The van der Waals surface area contributed by atoms with Crippen LogP contribution in [0, 0.1) is 6.92 Å². The molecule has 2 rings (SSSR count). The monoisotopic (exact) mass is 329 g/mol. The minimum Gasteiger partial charge on any atom is -0.352 e. The second kappa shape index (κ2) is 8.14. The van der Waals surface area contributed by atoms with Gasteiger partial charge in [-0.3, -0.25) is 9.48 Å². The molecule has 0 saturated carbocycles. The molecule has 0 radical (unpaired) electrons. The van der Waals surface area contributed by atoms with E-state index in [1.54, 1.807) is 10.9 Å². The van der Waals surface area contributed by atoms with Gasteiger partial charge in [-0.15, -0.1) is 0 Å². The summed E-state index contributed by atoms with van der Waals surface area (Å²) in [5, 5.41) is 9.68. The second-order valence-electron chi connectivity index (χ2n) is 5.82. The third-order valence-electron chi connectivity index (χ3n) is 3.70. The molecule has 0 spiro atoms. The molecule has 0 saturated heterocycles. The predicted octanol–water partition coefficient (Wildman–Crippen LogP) is 1.50. The van der Waals surface area contributed by atoms with Gasteiger partial charge < -0.3 is 16.4 Å². The Hall–Kier alpha value is -2.83. The van der Waals surface area contributed by atoms with Gasteiger partial charge in [0, 0.05) is 18.4 Å². The van der Waals surface area contributed by atoms with Crippen molar-refractivity contribution >= 4 is 11.9 Å². The normalized spacial score (nSPS) is 13.1. The van der Waals surface area contributed by atoms with Crippen LogP contribution in [0.1, 0.15) is 30.5 Å². The van der Waals surface area contributed by atoms with Crippen molar-refractivity contribution in [2.24, 2.45) is 5.73 Å². The Bertz CT molecular complexity index is 684. The van der Waals surface area contributed by atoms with Gasteiger partial charge in [0.25, 0.3) is 0 Å². The molecule has 3 amide bonds. The van der Waals surface area contributed by atoms with Gasteiger partial charge in [0.15, 0.2) is 0 Å². The van der Waals surface area contributed by atoms with Gasteiger partial charge in [-0.05, 0) is 31.0 Å². The summed E-state index contributed by atoms with van der Waals surface area (Å²) in [5.74, 6) is -0.156. The maximum absolute atomic E-state index is 12.3. The van der Waals surface area contributed by atoms with Crippen LogP contribution in [-0.2, 0) is 11.3 Å². The maximum atomic E-state index is 12.3. The summed E-state index contributed by atoms with van der Waals surface area (Å²) in [6.45, 7) is 4.42. The summed E-state index contributed by atoms with van der Waals surface area (Å²) in [6, 6.07) is 8.24. The summed E-state index contributed by atoms with van der Waals surface area (Å²) >= 11 is 0. The van der Waals surface area contributed by atoms with Gasteiger partial charge >= 0.3 is 6.03 Å². The molecule has 0 aliphatic rings. The van der Waals surface area contributed by atoms with Crippen LogP contribution in [0.3, 0.4) is 0 Å². The van der Waals surface area contributed by atoms with E-state index in [0.29, 0.717) is 6.54 Å². The molecular formula is C17H23N5O2. The molecule has 7 nitrogen and oxygen atoms in total. The van der Waals surface area contributed by atoms with E-state index in [4.69, 9.17) is 5.73 Å². The quantitative estimate of drug-likeness (QED) is 0.717. The maximum Gasteiger partial charge on any atom is 0.312 e. The number of carbonyl (C=O) groups excluding carboxylic acids is 2. The van der Waals surface area contributed by atoms with Gasteiger partial charge in [-0.1, -0.05) is 24.3 Å². The van der Waals surface area contributed by atoms with Crippen molar-refractivity contribution in [3.8, 4) is 0 Å². The van der Waals surface area contributed by atoms with Gasteiger partial charge in [0.05, 0.1) is 19.0 Å². The Morgan fingerprint density at radius 1 is 1.25 bits per heavy atom. The molecule has 0 bridgehead atoms. The molecule has 1 heterocycles. The molecular weight excluding hydrogens is 306 g/mol. The van der Waals surface area contributed by atoms with Crippen LogP contribution in [0.25, 0.3) is 0 Å². The van der Waals surface area contributed by atoms with Crippen LogP contribution < -0.4 is 16.4 Å². The molecule has 0 fully saturated rings. The minimum atomic E-state index is -0.652. The Balaban J connectivity index is 1.99. The average Bonchev–Trinajstić information content (AvgIpc) is 2.99. The number of carbonyl (C=O) groups is 2. The summed E-state index contributed by atoms with van der Waals surface area (Å²) in [4.78, 5) is 23.6. The van der Waals surface area contributed by atoms with E-state index in [2.05, 4.69) is 15.7 Å². The fraction of sp³-hybridized carbons (Fsp3) is 0.353. The highest BCUT2D eigenvalue weighted by atomic mass is 16.2. The van der Waals surface area contributed by atoms with E-state index in [9.17, 15) is 9.59 Å². The van der Waals surface area contributed by atoms with Crippen molar-refractivity contribution in [2.75, 3.05) is 0 Å². The van der Waals surface area contributed by atoms with Crippen molar-refractivity contribution < 1.29 is 9.59 Å². The minimum absolute atomic E-state index is 0.0801. The lowest BCUT2D eigenvalue weighted by Crippen LogP contribution is -2.40. The van der Waals surface area contributed by atoms with E-state index in [0.717, 1.165) is 11.1 Å². The molecule has 0 unspecified atom stereocenters. The zero-order valence-corrected chi connectivity index (χ0v) is 13.9. The lowest BCUT2D eigenvalue weighted by molar-refractivity contribution is -0.122. The molecule has 1 aromatic carbocycles. The molecule has 0 aliphatic carbocycles. The number of nitrogens with two attached hydrogens (primary N) is 1. The third kappa shape index (κ3) is 5.12. The molecule has 2 aromatic rings. The highest BCUT2D eigenvalue weighted by molar-refractivity contribution is 5.79. The number of aryl methyl sites for hydroxylation is 1. The third-order valence-corrected chi connectivity index (χ3v) is 3.70. The fourth-order valence-corrected chi connectivity index (χ4v) is 2.64. The predicted molar refractivity (Wildman–Crippen MR) is 91.1 cm³/mol. The van der Waals surface area contributed by atoms with E-state index in [1.165, 1.54) is 0 Å². The van der Waals surface area contributed by atoms with Crippen LogP contribution in [-0.4, -0.2) is 27.8 Å². The number of rotatable bonds is 7. The molecule has 4 N–H and O–H groups in total. The Kier molecular flexibility index (Phi) is 5.95. The molecule has 24 heavy (non-hydrogen) atoms. The number of nitrogens with one attached hydrogen (secondary N) is 2. The van der Waals surface area contributed by atoms with Gasteiger partial charge in [0.2, 0.25) is 5.91 Å². The van der Waals surface area contributed by atoms with Crippen LogP contribution in [0.4, 0.5) is 4.79 Å². The summed E-state index contributed by atoms with van der Waals surface area (Å²) < 4.78 is 1.76. The number of benzene rings is 1. The zero-order chi connectivity index (χ0) is 17.5. The average molecular weight is 329 g/mol. The van der Waals surface area contributed by atoms with E-state index < -0.39 is 12.1 Å². The lowest BCUT2D eigenvalue weighted by atomic mass is 9.98. The van der Waals surface area contributed by atoms with Crippen LogP contribution in [0.2, 0.25) is 0 Å². The SMILES string of the molecule is Cc1ccccc1[C@@H](CC(=O)N[C@@H](C)Cn1cccn1)NC(N)=O. The van der Waals surface area contributed by atoms with E-state index >= 15 is 0 Å². The second-order valence-corrected chi connectivity index (χ2v) is 5.82. The van der Waals surface area contributed by atoms with Crippen LogP contribution in [0.5, 0.6) is 0 Å². The Morgan fingerprint density at radius 2 is 2.00 bits per heavy atom. The molecule has 1 aromatic heterocycles. The fourth-order valence-electron chi connectivity index (χ4n) is 2.64. The zero-order valence-electron chi connectivity index (χ0n) is 13.9. The highest BCUT2D eigenvalue weighted by Gasteiger charge is 2.20. The number of amides is 3. The van der Waals surface area contributed by atoms with Crippen molar-refractivity contribution in [3.63, 3.8) is 0 Å². The molecule has 7 heteroatoms. The number of nitrogens with zero attached hydrogens (tertiary/aromatic N) is 2. The van der Waals surface area contributed by atoms with Crippen molar-refractivity contribution in [3.05, 3.63) is 53.9 Å². The molecule has 128 valence electrons. The lowest BCUT2D eigenvalue weighted by Gasteiger charge is -2.21. The molecule has 2 atom stereocenters. The van der Waals surface area contributed by atoms with E-state index in [1.807, 2.05) is 50.4 Å². The first-order valence-electron chi connectivity index (χ1n) is 7.84. The Labute approximate surface area is 141 Å². The number of hydrogen-bond acceptors (Lipinski definition) is 3. The van der Waals surface area contributed by atoms with Crippen LogP contribution in [0.15, 0.2) is 42.7 Å². The first-order chi connectivity index (χ1) is 11.5. The smallest absolute Gasteiger partial charge is 0.312 e. The van der Waals surface area contributed by atoms with Gasteiger partial charge in [-0.25, -0.2) is 4.79 Å². The summed E-state index contributed by atoms with van der Waals surface area (Å²) in [7, 11) is 0. The summed E-state index contributed by atoms with van der Waals surface area (Å²) in [6.07, 6.45) is 3.66. The number of hydrogen-bond donors (Lipinski definition) is 3. The first kappa shape index (κ1) is 17.5. The van der Waals surface area contributed by atoms with E-state index in [-0.39, 0.29) is 18.4 Å². The highest BCUT2D eigenvalue weighted by Crippen LogP contribution is 2.20. The van der Waals surface area contributed by atoms with Crippen molar-refractivity contribution in [1.82, 2.24) is 20.4 Å². The van der Waals surface area contributed by atoms with Crippen molar-refractivity contribution in [2.45, 2.75) is 38.9 Å². The number of aromatic nitrogens is 2. The topological polar surface area (TPSA) is 102 Å². The molecule has 0 aliphatic heterocycles. The number of urea groups is 1. The van der Waals surface area contributed by atoms with Crippen molar-refractivity contribution in [1.29, 1.82) is 0 Å². The largest absolute Gasteiger partial charge is 0.352 e. The van der Waals surface area contributed by atoms with Crippen LogP contribution >= 0.6 is 0 Å². The summed E-state index contributed by atoms with van der Waals surface area (Å²) in [5.41, 5.74) is 7.13. The Morgan fingerprint density at radius 3 is 2.62 bits per heavy atom. The first-order valence-corrected chi connectivity index (χ1v) is 7.84. The standard InChI is InChI=1S/C17H23N5O2/c1-12-6-3-4-7-14(12)15(21-17(18)24)10-16(23)20-13(2)11-22-9-5-8-19-22/h3-9,13,15H,10-11H2,1-2H3,(H,20,23)(H3,18,21,24)/t13-,15+/m0/s1. The van der Waals surface area contributed by atoms with Gasteiger partial charge in [0.1, 0.15) is 0 Å². The van der Waals surface area contributed by atoms with Gasteiger partial charge in [-0.2, -0.15) is 5.10 Å². The number of primary amides is 1.